The summed E-state index contributed by atoms with van der Waals surface area (Å²) in [6, 6.07) is 9.76. The van der Waals surface area contributed by atoms with Crippen molar-refractivity contribution in [1.82, 2.24) is 0 Å². The summed E-state index contributed by atoms with van der Waals surface area (Å²) in [6.07, 6.45) is 0. The first-order valence-corrected chi connectivity index (χ1v) is 8.60. The molecule has 0 aliphatic carbocycles. The van der Waals surface area contributed by atoms with E-state index in [-0.39, 0.29) is 23.6 Å². The van der Waals surface area contributed by atoms with Gasteiger partial charge in [-0.3, -0.25) is 9.59 Å². The van der Waals surface area contributed by atoms with Crippen LogP contribution in [0.1, 0.15) is 50.1 Å². The molecule has 0 spiro atoms. The molecule has 0 saturated carbocycles. The molecule has 0 amide bonds. The number of aryl methyl sites for hydroxylation is 2. The van der Waals surface area contributed by atoms with Gasteiger partial charge in [0.25, 0.3) is 0 Å². The first-order chi connectivity index (χ1) is 12.8. The highest BCUT2D eigenvalue weighted by molar-refractivity contribution is 5.97. The molecule has 5 heteroatoms. The molecule has 0 saturated heterocycles. The fourth-order valence-electron chi connectivity index (χ4n) is 3.40. The Balaban J connectivity index is 1.90. The lowest BCUT2D eigenvalue weighted by molar-refractivity contribution is 0.0435. The van der Waals surface area contributed by atoms with Crippen molar-refractivity contribution in [1.29, 1.82) is 0 Å². The van der Waals surface area contributed by atoms with Crippen LogP contribution in [0.15, 0.2) is 45.6 Å². The molecule has 0 aliphatic rings. The van der Waals surface area contributed by atoms with Crippen molar-refractivity contribution in [3.63, 3.8) is 0 Å². The quantitative estimate of drug-likeness (QED) is 0.510. The van der Waals surface area contributed by atoms with E-state index in [0.717, 1.165) is 28.3 Å². The van der Waals surface area contributed by atoms with E-state index in [1.807, 2.05) is 26.8 Å². The van der Waals surface area contributed by atoms with Gasteiger partial charge < -0.3 is 9.15 Å². The Morgan fingerprint density at radius 3 is 2.44 bits per heavy atom. The van der Waals surface area contributed by atoms with Crippen molar-refractivity contribution in [3.05, 3.63) is 80.2 Å². The fraction of sp³-hybridized carbons (Fsp3) is 0.227. The number of Topliss-reactive ketones (excluding diaryl/α,β-unsaturated/α-hetero) is 1. The van der Waals surface area contributed by atoms with E-state index < -0.39 is 5.97 Å². The van der Waals surface area contributed by atoms with E-state index in [4.69, 9.17) is 9.15 Å². The lowest BCUT2D eigenvalue weighted by Crippen LogP contribution is -2.12. The summed E-state index contributed by atoms with van der Waals surface area (Å²) >= 11 is 0. The number of rotatable bonds is 4. The fourth-order valence-corrected chi connectivity index (χ4v) is 3.40. The molecule has 1 aromatic heterocycles. The minimum absolute atomic E-state index is 0.00635. The Kier molecular flexibility index (Phi) is 4.95. The van der Waals surface area contributed by atoms with Gasteiger partial charge in [0.1, 0.15) is 12.2 Å². The Labute approximate surface area is 156 Å². The Morgan fingerprint density at radius 1 is 1.04 bits per heavy atom. The maximum atomic E-state index is 12.4. The third kappa shape index (κ3) is 3.53. The normalized spacial score (nSPS) is 10.8. The maximum Gasteiger partial charge on any atom is 0.374 e. The zero-order chi connectivity index (χ0) is 19.7. The van der Waals surface area contributed by atoms with Gasteiger partial charge in [-0.25, -0.2) is 4.79 Å². The number of benzene rings is 2. The van der Waals surface area contributed by atoms with Crippen LogP contribution < -0.4 is 5.43 Å². The van der Waals surface area contributed by atoms with E-state index >= 15 is 0 Å². The van der Waals surface area contributed by atoms with E-state index in [9.17, 15) is 14.4 Å². The van der Waals surface area contributed by atoms with Crippen molar-refractivity contribution in [2.45, 2.75) is 34.3 Å². The molecule has 0 bridgehead atoms. The summed E-state index contributed by atoms with van der Waals surface area (Å²) in [7, 11) is 0. The number of carbonyl (C=O) groups is 2. The van der Waals surface area contributed by atoms with Gasteiger partial charge >= 0.3 is 5.97 Å². The highest BCUT2D eigenvalue weighted by Crippen LogP contribution is 2.24. The number of ketones is 1. The molecule has 5 nitrogen and oxygen atoms in total. The van der Waals surface area contributed by atoms with Crippen LogP contribution in [0.5, 0.6) is 0 Å². The molecule has 27 heavy (non-hydrogen) atoms. The Morgan fingerprint density at radius 2 is 1.74 bits per heavy atom. The van der Waals surface area contributed by atoms with Gasteiger partial charge in [0, 0.05) is 11.6 Å². The predicted octanol–water partition coefficient (Wildman–Crippen LogP) is 4.28. The minimum atomic E-state index is -0.721. The van der Waals surface area contributed by atoms with Gasteiger partial charge in [-0.15, -0.1) is 0 Å². The number of esters is 1. The van der Waals surface area contributed by atoms with E-state index in [1.165, 1.54) is 6.92 Å². The third-order valence-electron chi connectivity index (χ3n) is 4.67. The zero-order valence-corrected chi connectivity index (χ0v) is 15.7. The highest BCUT2D eigenvalue weighted by Gasteiger charge is 2.18. The molecule has 3 rings (SSSR count). The Hall–Kier alpha value is -3.21. The monoisotopic (exact) mass is 364 g/mol. The third-order valence-corrected chi connectivity index (χ3v) is 4.67. The number of para-hydroxylation sites is 1. The van der Waals surface area contributed by atoms with Gasteiger partial charge in [0.2, 0.25) is 5.76 Å². The van der Waals surface area contributed by atoms with E-state index in [2.05, 4.69) is 0 Å². The van der Waals surface area contributed by atoms with Crippen LogP contribution >= 0.6 is 0 Å². The lowest BCUT2D eigenvalue weighted by atomic mass is 9.92. The van der Waals surface area contributed by atoms with Crippen LogP contribution in [-0.4, -0.2) is 11.8 Å². The molecule has 138 valence electrons. The molecular weight excluding hydrogens is 344 g/mol. The molecular formula is C22H20O5. The molecule has 3 aromatic rings. The topological polar surface area (TPSA) is 73.6 Å². The van der Waals surface area contributed by atoms with Crippen LogP contribution in [0.4, 0.5) is 0 Å². The van der Waals surface area contributed by atoms with Crippen LogP contribution in [0.2, 0.25) is 0 Å². The second-order valence-electron chi connectivity index (χ2n) is 6.59. The first-order valence-electron chi connectivity index (χ1n) is 8.60. The van der Waals surface area contributed by atoms with Crippen LogP contribution in [0.3, 0.4) is 0 Å². The molecule has 0 unspecified atom stereocenters. The van der Waals surface area contributed by atoms with E-state index in [1.54, 1.807) is 24.3 Å². The predicted molar refractivity (Wildman–Crippen MR) is 102 cm³/mol. The number of fused-ring (bicyclic) bond motifs is 1. The summed E-state index contributed by atoms with van der Waals surface area (Å²) in [5, 5.41) is 0.408. The lowest BCUT2D eigenvalue weighted by Gasteiger charge is -2.16. The number of carbonyl (C=O) groups excluding carboxylic acids is 2. The van der Waals surface area contributed by atoms with E-state index in [0.29, 0.717) is 16.5 Å². The molecule has 2 aromatic carbocycles. The SMILES string of the molecule is CC(=O)c1c(C)cc(C)c(COC(=O)c2cc(=O)c3ccccc3o2)c1C. The summed E-state index contributed by atoms with van der Waals surface area (Å²) in [6.45, 7) is 7.15. The number of hydrogen-bond acceptors (Lipinski definition) is 5. The van der Waals surface area contributed by atoms with Gasteiger partial charge in [-0.1, -0.05) is 18.2 Å². The van der Waals surface area contributed by atoms with Gasteiger partial charge in [0.15, 0.2) is 11.2 Å². The van der Waals surface area contributed by atoms with Crippen LogP contribution in [-0.2, 0) is 11.3 Å². The summed E-state index contributed by atoms with van der Waals surface area (Å²) < 4.78 is 10.9. The van der Waals surface area contributed by atoms with Crippen LogP contribution in [0.25, 0.3) is 11.0 Å². The second-order valence-corrected chi connectivity index (χ2v) is 6.59. The standard InChI is InChI=1S/C22H20O5/c1-12-9-13(2)21(15(4)23)14(3)17(12)11-26-22(25)20-10-18(24)16-7-5-6-8-19(16)27-20/h5-10H,11H2,1-4H3. The summed E-state index contributed by atoms with van der Waals surface area (Å²) in [4.78, 5) is 36.5. The molecule has 0 aliphatic heterocycles. The summed E-state index contributed by atoms with van der Waals surface area (Å²) in [5.74, 6) is -0.896. The largest absolute Gasteiger partial charge is 0.455 e. The number of hydrogen-bond donors (Lipinski definition) is 0. The Bertz CT molecular complexity index is 1120. The van der Waals surface area contributed by atoms with Crippen molar-refractivity contribution in [2.24, 2.45) is 0 Å². The van der Waals surface area contributed by atoms with Crippen molar-refractivity contribution in [2.75, 3.05) is 0 Å². The van der Waals surface area contributed by atoms with Crippen LogP contribution in [0, 0.1) is 20.8 Å². The van der Waals surface area contributed by atoms with Crippen molar-refractivity contribution >= 4 is 22.7 Å². The minimum Gasteiger partial charge on any atom is -0.455 e. The highest BCUT2D eigenvalue weighted by atomic mass is 16.5. The van der Waals surface area contributed by atoms with Crippen molar-refractivity contribution in [3.8, 4) is 0 Å². The maximum absolute atomic E-state index is 12.4. The van der Waals surface area contributed by atoms with Gasteiger partial charge in [-0.05, 0) is 62.1 Å². The molecule has 0 atom stereocenters. The molecule has 0 fully saturated rings. The van der Waals surface area contributed by atoms with Gasteiger partial charge in [-0.2, -0.15) is 0 Å². The molecule has 0 N–H and O–H groups in total. The molecule has 1 heterocycles. The zero-order valence-electron chi connectivity index (χ0n) is 15.7. The van der Waals surface area contributed by atoms with Crippen molar-refractivity contribution < 1.29 is 18.7 Å². The second kappa shape index (κ2) is 7.19. The smallest absolute Gasteiger partial charge is 0.374 e. The average Bonchev–Trinajstić information content (AvgIpc) is 2.60. The number of ether oxygens (including phenoxy) is 1. The van der Waals surface area contributed by atoms with Gasteiger partial charge in [0.05, 0.1) is 5.39 Å². The summed E-state index contributed by atoms with van der Waals surface area (Å²) in [5.41, 5.74) is 4.08. The average molecular weight is 364 g/mol. The first kappa shape index (κ1) is 18.6. The molecule has 0 radical (unpaired) electrons.